The molecule has 0 N–H and O–H groups in total. The molecule has 0 aliphatic carbocycles. The van der Waals surface area contributed by atoms with E-state index in [0.29, 0.717) is 4.48 Å². The molecule has 0 aromatic heterocycles. The minimum Gasteiger partial charge on any atom is -0.430 e. The van der Waals surface area contributed by atoms with Crippen LogP contribution in [-0.2, 0) is 9.47 Å². The second-order valence-corrected chi connectivity index (χ2v) is 2.63. The fourth-order valence-corrected chi connectivity index (χ4v) is 0.708. The summed E-state index contributed by atoms with van der Waals surface area (Å²) >= 11 is 3.08. The Morgan fingerprint density at radius 1 is 1.89 bits per heavy atom. The lowest BCUT2D eigenvalue weighted by molar-refractivity contribution is 0.125. The molecule has 0 saturated carbocycles. The van der Waals surface area contributed by atoms with E-state index in [-0.39, 0.29) is 12.7 Å². The molecule has 9 heavy (non-hydrogen) atoms. The average molecular weight is 193 g/mol. The summed E-state index contributed by atoms with van der Waals surface area (Å²) in [7, 11) is 0. The summed E-state index contributed by atoms with van der Waals surface area (Å²) < 4.78 is 9.72. The molecule has 1 fully saturated rings. The Labute approximate surface area is 60.8 Å². The Kier molecular flexibility index (Phi) is 1.75. The van der Waals surface area contributed by atoms with Crippen LogP contribution >= 0.6 is 15.9 Å². The highest BCUT2D eigenvalue weighted by Gasteiger charge is 2.25. The van der Waals surface area contributed by atoms with E-state index in [4.69, 9.17) is 0 Å². The normalized spacial score (nSPS) is 25.0. The zero-order chi connectivity index (χ0) is 6.85. The summed E-state index contributed by atoms with van der Waals surface area (Å²) in [4.78, 5) is 10.3. The van der Waals surface area contributed by atoms with Gasteiger partial charge in [0.15, 0.2) is 6.10 Å². The molecule has 1 rings (SSSR count). The van der Waals surface area contributed by atoms with E-state index in [1.807, 2.05) is 0 Å². The second kappa shape index (κ2) is 2.39. The SMILES string of the molecule is C=C(Br)C1COC(=O)O1. The van der Waals surface area contributed by atoms with E-state index >= 15 is 0 Å². The van der Waals surface area contributed by atoms with Gasteiger partial charge in [-0.05, 0) is 0 Å². The van der Waals surface area contributed by atoms with Gasteiger partial charge in [0.05, 0.1) is 0 Å². The van der Waals surface area contributed by atoms with Crippen LogP contribution in [0.1, 0.15) is 0 Å². The van der Waals surface area contributed by atoms with Gasteiger partial charge in [-0.3, -0.25) is 0 Å². The number of ether oxygens (including phenoxy) is 2. The summed E-state index contributed by atoms with van der Waals surface area (Å²) in [6, 6.07) is 0. The smallest absolute Gasteiger partial charge is 0.430 e. The quantitative estimate of drug-likeness (QED) is 0.591. The van der Waals surface area contributed by atoms with Gasteiger partial charge >= 0.3 is 6.16 Å². The first-order valence-electron chi connectivity index (χ1n) is 2.38. The van der Waals surface area contributed by atoms with Gasteiger partial charge in [0.2, 0.25) is 0 Å². The van der Waals surface area contributed by atoms with Gasteiger partial charge in [-0.2, -0.15) is 0 Å². The summed E-state index contributed by atoms with van der Waals surface area (Å²) in [5.74, 6) is 0. The van der Waals surface area contributed by atoms with Crippen LogP contribution in [0.15, 0.2) is 11.1 Å². The first kappa shape index (κ1) is 6.61. The van der Waals surface area contributed by atoms with Crippen molar-refractivity contribution in [2.75, 3.05) is 6.61 Å². The third-order valence-corrected chi connectivity index (χ3v) is 1.45. The van der Waals surface area contributed by atoms with E-state index in [0.717, 1.165) is 0 Å². The van der Waals surface area contributed by atoms with Crippen LogP contribution in [0.4, 0.5) is 4.79 Å². The van der Waals surface area contributed by atoms with Crippen LogP contribution in [0, 0.1) is 0 Å². The standard InChI is InChI=1S/C5H5BrO3/c1-3(6)4-2-8-5(7)9-4/h4H,1-2H2. The predicted molar refractivity (Wildman–Crippen MR) is 34.3 cm³/mol. The molecular formula is C5H5BrO3. The minimum atomic E-state index is -0.624. The molecule has 0 aromatic rings. The molecule has 3 nitrogen and oxygen atoms in total. The zero-order valence-corrected chi connectivity index (χ0v) is 6.18. The number of cyclic esters (lactones) is 2. The van der Waals surface area contributed by atoms with Crippen LogP contribution in [0.5, 0.6) is 0 Å². The van der Waals surface area contributed by atoms with Gasteiger partial charge in [-0.15, -0.1) is 0 Å². The average Bonchev–Trinajstić information content (AvgIpc) is 2.14. The molecule has 1 heterocycles. The lowest BCUT2D eigenvalue weighted by atomic mass is 10.4. The van der Waals surface area contributed by atoms with Gasteiger partial charge in [0.25, 0.3) is 0 Å². The summed E-state index contributed by atoms with van der Waals surface area (Å²) in [5.41, 5.74) is 0. The van der Waals surface area contributed by atoms with E-state index < -0.39 is 6.16 Å². The topological polar surface area (TPSA) is 35.5 Å². The third kappa shape index (κ3) is 1.45. The maximum Gasteiger partial charge on any atom is 0.509 e. The number of hydrogen-bond acceptors (Lipinski definition) is 3. The molecule has 0 radical (unpaired) electrons. The van der Waals surface area contributed by atoms with Crippen molar-refractivity contribution in [3.63, 3.8) is 0 Å². The fourth-order valence-electron chi connectivity index (χ4n) is 0.482. The Hall–Kier alpha value is -0.510. The molecule has 1 unspecified atom stereocenters. The first-order chi connectivity index (χ1) is 4.20. The van der Waals surface area contributed by atoms with Crippen molar-refractivity contribution in [3.8, 4) is 0 Å². The fraction of sp³-hybridized carbons (Fsp3) is 0.400. The highest BCUT2D eigenvalue weighted by Crippen LogP contribution is 2.17. The summed E-state index contributed by atoms with van der Waals surface area (Å²) in [6.45, 7) is 3.80. The second-order valence-electron chi connectivity index (χ2n) is 1.61. The van der Waals surface area contributed by atoms with Gasteiger partial charge in [0.1, 0.15) is 6.61 Å². The van der Waals surface area contributed by atoms with Crippen LogP contribution < -0.4 is 0 Å². The van der Waals surface area contributed by atoms with Crippen LogP contribution in [0.2, 0.25) is 0 Å². The maximum absolute atomic E-state index is 10.3. The molecular weight excluding hydrogens is 188 g/mol. The van der Waals surface area contributed by atoms with E-state index in [9.17, 15) is 4.79 Å². The molecule has 1 saturated heterocycles. The Bertz CT molecular complexity index is 154. The van der Waals surface area contributed by atoms with Gasteiger partial charge in [-0.25, -0.2) is 4.79 Å². The van der Waals surface area contributed by atoms with Gasteiger partial charge in [0, 0.05) is 4.48 Å². The van der Waals surface area contributed by atoms with Gasteiger partial charge < -0.3 is 9.47 Å². The minimum absolute atomic E-state index is 0.267. The number of carbonyl (C=O) groups is 1. The molecule has 50 valence electrons. The van der Waals surface area contributed by atoms with Crippen molar-refractivity contribution in [2.24, 2.45) is 0 Å². The Morgan fingerprint density at radius 2 is 2.56 bits per heavy atom. The molecule has 0 spiro atoms. The Balaban J connectivity index is 2.48. The molecule has 4 heteroatoms. The lowest BCUT2D eigenvalue weighted by Gasteiger charge is -2.00. The molecule has 1 aliphatic heterocycles. The Morgan fingerprint density at radius 3 is 2.78 bits per heavy atom. The lowest BCUT2D eigenvalue weighted by Crippen LogP contribution is -2.07. The van der Waals surface area contributed by atoms with Crippen molar-refractivity contribution < 1.29 is 14.3 Å². The van der Waals surface area contributed by atoms with E-state index in [1.165, 1.54) is 0 Å². The molecule has 1 atom stereocenters. The van der Waals surface area contributed by atoms with E-state index in [2.05, 4.69) is 32.0 Å². The van der Waals surface area contributed by atoms with Crippen molar-refractivity contribution in [1.29, 1.82) is 0 Å². The number of halogens is 1. The highest BCUT2D eigenvalue weighted by atomic mass is 79.9. The monoisotopic (exact) mass is 192 g/mol. The largest absolute Gasteiger partial charge is 0.509 e. The van der Waals surface area contributed by atoms with Crippen molar-refractivity contribution in [3.05, 3.63) is 11.1 Å². The molecule has 1 aliphatic rings. The number of hydrogen-bond donors (Lipinski definition) is 0. The van der Waals surface area contributed by atoms with Crippen molar-refractivity contribution in [2.45, 2.75) is 6.10 Å². The first-order valence-corrected chi connectivity index (χ1v) is 3.17. The van der Waals surface area contributed by atoms with Crippen LogP contribution in [0.3, 0.4) is 0 Å². The van der Waals surface area contributed by atoms with Gasteiger partial charge in [-0.1, -0.05) is 22.5 Å². The molecule has 0 aromatic carbocycles. The summed E-state index contributed by atoms with van der Waals surface area (Å²) in [5, 5.41) is 0. The van der Waals surface area contributed by atoms with E-state index in [1.54, 1.807) is 0 Å². The van der Waals surface area contributed by atoms with Crippen molar-refractivity contribution >= 4 is 22.1 Å². The predicted octanol–water partition coefficient (Wildman–Crippen LogP) is 1.43. The maximum atomic E-state index is 10.3. The number of rotatable bonds is 1. The third-order valence-electron chi connectivity index (χ3n) is 0.940. The molecule has 0 amide bonds. The van der Waals surface area contributed by atoms with Crippen LogP contribution in [-0.4, -0.2) is 18.9 Å². The zero-order valence-electron chi connectivity index (χ0n) is 4.59. The van der Waals surface area contributed by atoms with Crippen molar-refractivity contribution in [1.82, 2.24) is 0 Å². The number of carbonyl (C=O) groups excluding carboxylic acids is 1. The highest BCUT2D eigenvalue weighted by molar-refractivity contribution is 9.11. The molecule has 0 bridgehead atoms. The van der Waals surface area contributed by atoms with Crippen LogP contribution in [0.25, 0.3) is 0 Å². The summed E-state index contributed by atoms with van der Waals surface area (Å²) in [6.07, 6.45) is -0.932.